The Morgan fingerprint density at radius 1 is 1.15 bits per heavy atom. The van der Waals surface area contributed by atoms with Crippen LogP contribution < -0.4 is 0 Å². The maximum Gasteiger partial charge on any atom is 0.549 e. The fraction of sp³-hybridized carbons (Fsp3) is 0.600. The van der Waals surface area contributed by atoms with E-state index in [4.69, 9.17) is 10.4 Å². The quantitative estimate of drug-likeness (QED) is 0.291. The van der Waals surface area contributed by atoms with E-state index >= 15 is 0 Å². The third kappa shape index (κ3) is 8.37. The van der Waals surface area contributed by atoms with E-state index in [2.05, 4.69) is 19.4 Å². The van der Waals surface area contributed by atoms with Crippen LogP contribution in [0.5, 0.6) is 0 Å². The summed E-state index contributed by atoms with van der Waals surface area (Å²) in [6, 6.07) is 0. The molecule has 0 bridgehead atoms. The molecular formula is C5H8O8. The molecule has 8 heteroatoms. The van der Waals surface area contributed by atoms with E-state index in [1.54, 1.807) is 0 Å². The van der Waals surface area contributed by atoms with Gasteiger partial charge in [0, 0.05) is 6.42 Å². The molecule has 0 radical (unpaired) electrons. The Bertz CT molecular complexity index is 166. The van der Waals surface area contributed by atoms with E-state index in [-0.39, 0.29) is 19.6 Å². The van der Waals surface area contributed by atoms with Crippen molar-refractivity contribution >= 4 is 12.3 Å². The molecule has 0 aliphatic heterocycles. The van der Waals surface area contributed by atoms with Crippen molar-refractivity contribution in [2.45, 2.75) is 6.42 Å². The van der Waals surface area contributed by atoms with E-state index in [0.29, 0.717) is 0 Å². The van der Waals surface area contributed by atoms with Crippen LogP contribution in [0, 0.1) is 0 Å². The van der Waals surface area contributed by atoms with Gasteiger partial charge in [-0.2, -0.15) is 9.68 Å². The maximum atomic E-state index is 10.4. The van der Waals surface area contributed by atoms with E-state index in [0.717, 1.165) is 0 Å². The van der Waals surface area contributed by atoms with Gasteiger partial charge in [-0.15, -0.1) is 0 Å². The van der Waals surface area contributed by atoms with Crippen molar-refractivity contribution in [2.75, 3.05) is 13.2 Å². The molecule has 0 aromatic rings. The van der Waals surface area contributed by atoms with Crippen molar-refractivity contribution in [1.82, 2.24) is 0 Å². The van der Waals surface area contributed by atoms with Crippen LogP contribution in [0.15, 0.2) is 0 Å². The molecule has 2 N–H and O–H groups in total. The number of carbonyl (C=O) groups excluding carboxylic acids is 1. The van der Waals surface area contributed by atoms with E-state index in [1.807, 2.05) is 0 Å². The maximum absolute atomic E-state index is 10.4. The van der Waals surface area contributed by atoms with Gasteiger partial charge in [0.1, 0.15) is 0 Å². The first kappa shape index (κ1) is 11.5. The second-order valence-corrected chi connectivity index (χ2v) is 1.72. The summed E-state index contributed by atoms with van der Waals surface area (Å²) in [5.74, 6) is 0. The van der Waals surface area contributed by atoms with Gasteiger partial charge in [0.25, 0.3) is 0 Å². The highest BCUT2D eigenvalue weighted by molar-refractivity contribution is 5.62. The van der Waals surface area contributed by atoms with Gasteiger partial charge in [-0.3, -0.25) is 5.26 Å². The second-order valence-electron chi connectivity index (χ2n) is 1.72. The fourth-order valence-corrected chi connectivity index (χ4v) is 0.373. The summed E-state index contributed by atoms with van der Waals surface area (Å²) in [6.07, 6.45) is -2.78. The number of hydrogen-bond acceptors (Lipinski definition) is 7. The molecule has 0 atom stereocenters. The molecule has 0 aliphatic rings. The van der Waals surface area contributed by atoms with Crippen LogP contribution in [0.1, 0.15) is 6.42 Å². The van der Waals surface area contributed by atoms with Crippen molar-refractivity contribution in [3.63, 3.8) is 0 Å². The summed E-state index contributed by atoms with van der Waals surface area (Å²) in [5.41, 5.74) is 0. The van der Waals surface area contributed by atoms with Crippen LogP contribution in [0.3, 0.4) is 0 Å². The summed E-state index contributed by atoms with van der Waals surface area (Å²) in [6.45, 7) is -0.0879. The normalized spacial score (nSPS) is 9.00. The Labute approximate surface area is 72.4 Å². The molecule has 8 nitrogen and oxygen atoms in total. The van der Waals surface area contributed by atoms with Crippen molar-refractivity contribution in [3.05, 3.63) is 0 Å². The summed E-state index contributed by atoms with van der Waals surface area (Å²) >= 11 is 0. The van der Waals surface area contributed by atoms with Gasteiger partial charge in [-0.1, -0.05) is 0 Å². The minimum absolute atomic E-state index is 0.00688. The molecule has 0 amide bonds. The third-order valence-electron chi connectivity index (χ3n) is 0.781. The topological polar surface area (TPSA) is 112 Å². The van der Waals surface area contributed by atoms with Gasteiger partial charge >= 0.3 is 12.3 Å². The number of rotatable bonds is 4. The van der Waals surface area contributed by atoms with E-state index in [1.165, 1.54) is 0 Å². The van der Waals surface area contributed by atoms with Crippen LogP contribution >= 0.6 is 0 Å². The Morgan fingerprint density at radius 3 is 2.38 bits per heavy atom. The highest BCUT2D eigenvalue weighted by Crippen LogP contribution is 1.90. The summed E-state index contributed by atoms with van der Waals surface area (Å²) in [5, 5.41) is 15.7. The molecule has 0 aromatic carbocycles. The molecule has 0 spiro atoms. The Balaban J connectivity index is 3.25. The van der Waals surface area contributed by atoms with Crippen LogP contribution in [-0.4, -0.2) is 35.9 Å². The zero-order chi connectivity index (χ0) is 10.1. The van der Waals surface area contributed by atoms with Gasteiger partial charge in [-0.05, 0) is 0 Å². The molecule has 0 saturated heterocycles. The lowest BCUT2D eigenvalue weighted by Gasteiger charge is -2.01. The molecule has 0 rings (SSSR count). The van der Waals surface area contributed by atoms with Gasteiger partial charge in [0.2, 0.25) is 0 Å². The highest BCUT2D eigenvalue weighted by atomic mass is 17.3. The van der Waals surface area contributed by atoms with Gasteiger partial charge in [-0.25, -0.2) is 14.6 Å². The average Bonchev–Trinajstić information content (AvgIpc) is 2.09. The number of carbonyl (C=O) groups is 2. The number of carboxylic acid groups (broad SMARTS) is 1. The second kappa shape index (κ2) is 7.13. The van der Waals surface area contributed by atoms with Crippen LogP contribution in [0.25, 0.3) is 0 Å². The molecule has 13 heavy (non-hydrogen) atoms. The van der Waals surface area contributed by atoms with Gasteiger partial charge < -0.3 is 9.84 Å². The zero-order valence-electron chi connectivity index (χ0n) is 6.47. The van der Waals surface area contributed by atoms with Crippen molar-refractivity contribution < 1.29 is 39.4 Å². The molecule has 76 valence electrons. The standard InChI is InChI=1S/C5H8O8/c6-4(7)12-13-5(8)10-2-1-3-11-9/h9H,1-3H2,(H,6,7). The molecular weight excluding hydrogens is 188 g/mol. The summed E-state index contributed by atoms with van der Waals surface area (Å²) in [4.78, 5) is 30.8. The average molecular weight is 196 g/mol. The Morgan fingerprint density at radius 2 is 1.85 bits per heavy atom. The summed E-state index contributed by atoms with van der Waals surface area (Å²) in [7, 11) is 0. The lowest BCUT2D eigenvalue weighted by atomic mass is 10.5. The van der Waals surface area contributed by atoms with Gasteiger partial charge in [0.05, 0.1) is 13.2 Å². The van der Waals surface area contributed by atoms with E-state index < -0.39 is 12.3 Å². The van der Waals surface area contributed by atoms with Crippen LogP contribution in [-0.2, 0) is 19.4 Å². The lowest BCUT2D eigenvalue weighted by Crippen LogP contribution is -2.12. The monoisotopic (exact) mass is 196 g/mol. The van der Waals surface area contributed by atoms with Gasteiger partial charge in [0.15, 0.2) is 0 Å². The zero-order valence-corrected chi connectivity index (χ0v) is 6.47. The smallest absolute Gasteiger partial charge is 0.447 e. The first-order valence-electron chi connectivity index (χ1n) is 3.17. The van der Waals surface area contributed by atoms with Crippen LogP contribution in [0.2, 0.25) is 0 Å². The molecule has 0 unspecified atom stereocenters. The number of ether oxygens (including phenoxy) is 1. The largest absolute Gasteiger partial charge is 0.549 e. The van der Waals surface area contributed by atoms with Crippen molar-refractivity contribution in [1.29, 1.82) is 0 Å². The fourth-order valence-electron chi connectivity index (χ4n) is 0.373. The molecule has 0 aromatic heterocycles. The molecule has 0 fully saturated rings. The molecule has 0 aliphatic carbocycles. The van der Waals surface area contributed by atoms with Crippen LogP contribution in [0.4, 0.5) is 9.59 Å². The lowest BCUT2D eigenvalue weighted by molar-refractivity contribution is -0.245. The Kier molecular flexibility index (Phi) is 6.28. The molecule has 0 saturated carbocycles. The first-order chi connectivity index (χ1) is 6.16. The first-order valence-corrected chi connectivity index (χ1v) is 3.17. The minimum Gasteiger partial charge on any atom is -0.447 e. The predicted molar refractivity (Wildman–Crippen MR) is 34.7 cm³/mol. The third-order valence-corrected chi connectivity index (χ3v) is 0.781. The highest BCUT2D eigenvalue weighted by Gasteiger charge is 2.08. The van der Waals surface area contributed by atoms with Crippen molar-refractivity contribution in [3.8, 4) is 0 Å². The Hall–Kier alpha value is -1.54. The SMILES string of the molecule is O=C(O)OOC(=O)OCCCOO. The predicted octanol–water partition coefficient (Wildman–Crippen LogP) is 0.629. The molecule has 0 heterocycles. The van der Waals surface area contributed by atoms with Crippen molar-refractivity contribution in [2.24, 2.45) is 0 Å². The van der Waals surface area contributed by atoms with E-state index in [9.17, 15) is 9.59 Å². The summed E-state index contributed by atoms with van der Waals surface area (Å²) < 4.78 is 4.25. The minimum atomic E-state index is -1.75. The number of hydrogen-bond donors (Lipinski definition) is 2.